The van der Waals surface area contributed by atoms with Crippen LogP contribution in [0.15, 0.2) is 18.2 Å². The lowest BCUT2D eigenvalue weighted by Gasteiger charge is -2.56. The van der Waals surface area contributed by atoms with E-state index in [0.717, 1.165) is 54.9 Å². The fraction of sp³-hybridized carbons (Fsp3) is 0.696. The second-order valence-corrected chi connectivity index (χ2v) is 10.1. The highest BCUT2D eigenvalue weighted by atomic mass is 35.5. The number of nitrogens with one attached hydrogen (secondary N) is 1. The zero-order valence-electron chi connectivity index (χ0n) is 17.4. The number of carbonyl (C=O) groups is 1. The van der Waals surface area contributed by atoms with E-state index in [1.807, 2.05) is 0 Å². The van der Waals surface area contributed by atoms with Gasteiger partial charge in [0.25, 0.3) is 0 Å². The van der Waals surface area contributed by atoms with E-state index in [1.54, 1.807) is 0 Å². The van der Waals surface area contributed by atoms with E-state index in [2.05, 4.69) is 35.3 Å². The number of amides is 1. The van der Waals surface area contributed by atoms with Crippen molar-refractivity contribution in [2.24, 2.45) is 28.9 Å². The number of anilines is 2. The Balaban J connectivity index is 0.00000120. The summed E-state index contributed by atoms with van der Waals surface area (Å²) in [6.07, 6.45) is 9.95. The van der Waals surface area contributed by atoms with Crippen molar-refractivity contribution in [2.75, 3.05) is 23.3 Å². The van der Waals surface area contributed by atoms with Gasteiger partial charge in [0.05, 0.1) is 0 Å². The van der Waals surface area contributed by atoms with E-state index in [-0.39, 0.29) is 36.8 Å². The van der Waals surface area contributed by atoms with Crippen molar-refractivity contribution in [3.05, 3.63) is 23.8 Å². The molecule has 162 valence electrons. The van der Waals surface area contributed by atoms with Crippen LogP contribution < -0.4 is 16.0 Å². The summed E-state index contributed by atoms with van der Waals surface area (Å²) >= 11 is 0. The molecule has 1 saturated heterocycles. The topological polar surface area (TPSA) is 58.4 Å². The number of nitrogens with zero attached hydrogens (tertiary/aromatic N) is 1. The molecule has 4 saturated carbocycles. The molecule has 5 aliphatic rings. The minimum atomic E-state index is 0. The van der Waals surface area contributed by atoms with Crippen molar-refractivity contribution >= 4 is 42.1 Å². The summed E-state index contributed by atoms with van der Waals surface area (Å²) in [4.78, 5) is 15.2. The molecule has 6 rings (SSSR count). The third-order valence-electron chi connectivity index (χ3n) is 7.77. The molecule has 3 N–H and O–H groups in total. The normalized spacial score (nSPS) is 34.5. The summed E-state index contributed by atoms with van der Waals surface area (Å²) in [6.45, 7) is 4.05. The van der Waals surface area contributed by atoms with Gasteiger partial charge < -0.3 is 16.0 Å². The molecule has 4 bridgehead atoms. The maximum atomic E-state index is 12.9. The van der Waals surface area contributed by atoms with Crippen molar-refractivity contribution in [1.82, 2.24) is 0 Å². The number of rotatable bonds is 4. The monoisotopic (exact) mass is 439 g/mol. The summed E-state index contributed by atoms with van der Waals surface area (Å²) in [5.74, 6) is 2.92. The van der Waals surface area contributed by atoms with Crippen molar-refractivity contribution in [2.45, 2.75) is 64.3 Å². The molecule has 5 fully saturated rings. The Morgan fingerprint density at radius 1 is 1.14 bits per heavy atom. The molecule has 0 radical (unpaired) electrons. The minimum Gasteiger partial charge on any atom is -0.370 e. The third-order valence-corrected chi connectivity index (χ3v) is 7.77. The first-order chi connectivity index (χ1) is 13.0. The number of hydrogen-bond acceptors (Lipinski definition) is 3. The van der Waals surface area contributed by atoms with Gasteiger partial charge in [-0.3, -0.25) is 4.79 Å². The van der Waals surface area contributed by atoms with Crippen molar-refractivity contribution in [3.63, 3.8) is 0 Å². The third kappa shape index (κ3) is 4.55. The SMILES string of the molecule is Cc1cc(N2CCC(N)C2)ccc1NC(=O)CC12CC3CC(CC(C3)C1)C2.Cl.Cl. The lowest BCUT2D eigenvalue weighted by atomic mass is 9.49. The van der Waals surface area contributed by atoms with Gasteiger partial charge in [0.2, 0.25) is 5.91 Å². The molecule has 1 aliphatic heterocycles. The molecule has 6 heteroatoms. The average Bonchev–Trinajstić information content (AvgIpc) is 3.01. The van der Waals surface area contributed by atoms with Crippen molar-refractivity contribution < 1.29 is 4.79 Å². The highest BCUT2D eigenvalue weighted by Crippen LogP contribution is 2.61. The van der Waals surface area contributed by atoms with Gasteiger partial charge in [-0.2, -0.15) is 0 Å². The number of nitrogens with two attached hydrogens (primary N) is 1. The molecule has 1 aromatic carbocycles. The molecule has 1 atom stereocenters. The van der Waals surface area contributed by atoms with Crippen molar-refractivity contribution in [1.29, 1.82) is 0 Å². The van der Waals surface area contributed by atoms with E-state index in [1.165, 1.54) is 44.2 Å². The standard InChI is InChI=1S/C23H33N3O.2ClH/c1-15-6-20(26-5-4-19(24)14-26)2-3-21(15)25-22(27)13-23-10-16-7-17(11-23)9-18(8-16)12-23;;/h2-3,6,16-19H,4-5,7-14,24H2,1H3,(H,25,27);2*1H. The zero-order chi connectivity index (χ0) is 18.6. The molecule has 0 spiro atoms. The van der Waals surface area contributed by atoms with Gasteiger partial charge in [0, 0.05) is 36.9 Å². The summed E-state index contributed by atoms with van der Waals surface area (Å²) < 4.78 is 0. The molecule has 1 heterocycles. The van der Waals surface area contributed by atoms with Gasteiger partial charge in [-0.25, -0.2) is 0 Å². The Bertz CT molecular complexity index is 718. The largest absolute Gasteiger partial charge is 0.370 e. The maximum Gasteiger partial charge on any atom is 0.224 e. The molecular weight excluding hydrogens is 405 g/mol. The quantitative estimate of drug-likeness (QED) is 0.699. The molecule has 1 amide bonds. The van der Waals surface area contributed by atoms with Gasteiger partial charge >= 0.3 is 0 Å². The number of hydrogen-bond donors (Lipinski definition) is 2. The fourth-order valence-corrected chi connectivity index (χ4v) is 7.05. The van der Waals surface area contributed by atoms with Gasteiger partial charge in [-0.15, -0.1) is 24.8 Å². The fourth-order valence-electron chi connectivity index (χ4n) is 7.05. The molecule has 4 nitrogen and oxygen atoms in total. The number of carbonyl (C=O) groups excluding carboxylic acids is 1. The molecule has 4 aliphatic carbocycles. The summed E-state index contributed by atoms with van der Waals surface area (Å²) in [5.41, 5.74) is 9.68. The highest BCUT2D eigenvalue weighted by Gasteiger charge is 2.51. The maximum absolute atomic E-state index is 12.9. The Labute approximate surface area is 187 Å². The van der Waals surface area contributed by atoms with Crippen LogP contribution in [0.1, 0.15) is 56.9 Å². The van der Waals surface area contributed by atoms with E-state index in [0.29, 0.717) is 5.41 Å². The molecular formula is C23H35Cl2N3O. The van der Waals surface area contributed by atoms with Crippen LogP contribution in [0.3, 0.4) is 0 Å². The smallest absolute Gasteiger partial charge is 0.224 e. The molecule has 1 aromatic rings. The highest BCUT2D eigenvalue weighted by molar-refractivity contribution is 5.92. The van der Waals surface area contributed by atoms with Gasteiger partial charge in [0.15, 0.2) is 0 Å². The van der Waals surface area contributed by atoms with Crippen LogP contribution in [0.2, 0.25) is 0 Å². The predicted octanol–water partition coefficient (Wildman–Crippen LogP) is 4.92. The van der Waals surface area contributed by atoms with Gasteiger partial charge in [0.1, 0.15) is 0 Å². The van der Waals surface area contributed by atoms with Gasteiger partial charge in [-0.05, 0) is 98.8 Å². The van der Waals surface area contributed by atoms with E-state index in [9.17, 15) is 4.79 Å². The minimum absolute atomic E-state index is 0. The Morgan fingerprint density at radius 3 is 2.28 bits per heavy atom. The van der Waals surface area contributed by atoms with Crippen LogP contribution in [0.25, 0.3) is 0 Å². The number of halogens is 2. The van der Waals surface area contributed by atoms with Crippen LogP contribution >= 0.6 is 24.8 Å². The first kappa shape index (κ1) is 22.7. The molecule has 0 aromatic heterocycles. The van der Waals surface area contributed by atoms with Crippen LogP contribution in [-0.2, 0) is 4.79 Å². The van der Waals surface area contributed by atoms with E-state index < -0.39 is 0 Å². The number of benzene rings is 1. The lowest BCUT2D eigenvalue weighted by Crippen LogP contribution is -2.47. The first-order valence-electron chi connectivity index (χ1n) is 10.9. The predicted molar refractivity (Wildman–Crippen MR) is 124 cm³/mol. The summed E-state index contributed by atoms with van der Waals surface area (Å²) in [5, 5.41) is 3.23. The second-order valence-electron chi connectivity index (χ2n) is 10.1. The average molecular weight is 440 g/mol. The second kappa shape index (κ2) is 8.64. The van der Waals surface area contributed by atoms with Gasteiger partial charge in [-0.1, -0.05) is 0 Å². The van der Waals surface area contributed by atoms with Crippen molar-refractivity contribution in [3.8, 4) is 0 Å². The van der Waals surface area contributed by atoms with Crippen LogP contribution in [0.4, 0.5) is 11.4 Å². The molecule has 29 heavy (non-hydrogen) atoms. The molecule has 1 unspecified atom stereocenters. The Morgan fingerprint density at radius 2 is 1.76 bits per heavy atom. The van der Waals surface area contributed by atoms with E-state index in [4.69, 9.17) is 5.73 Å². The zero-order valence-corrected chi connectivity index (χ0v) is 19.0. The lowest BCUT2D eigenvalue weighted by molar-refractivity contribution is -0.124. The Kier molecular flexibility index (Phi) is 6.77. The number of aryl methyl sites for hydroxylation is 1. The summed E-state index contributed by atoms with van der Waals surface area (Å²) in [7, 11) is 0. The van der Waals surface area contributed by atoms with E-state index >= 15 is 0 Å². The van der Waals surface area contributed by atoms with Crippen LogP contribution in [-0.4, -0.2) is 25.0 Å². The summed E-state index contributed by atoms with van der Waals surface area (Å²) in [6, 6.07) is 6.68. The van der Waals surface area contributed by atoms with Crippen LogP contribution in [0.5, 0.6) is 0 Å². The Hall–Kier alpha value is -0.970. The first-order valence-corrected chi connectivity index (χ1v) is 10.9. The van der Waals surface area contributed by atoms with Crippen LogP contribution in [0, 0.1) is 30.1 Å².